The second kappa shape index (κ2) is 3.80. The van der Waals surface area contributed by atoms with Gasteiger partial charge >= 0.3 is 0 Å². The van der Waals surface area contributed by atoms with Gasteiger partial charge in [0.25, 0.3) is 0 Å². The van der Waals surface area contributed by atoms with Crippen LogP contribution in [0.4, 0.5) is 0 Å². The van der Waals surface area contributed by atoms with Crippen LogP contribution in [-0.4, -0.2) is 52.7 Å². The summed E-state index contributed by atoms with van der Waals surface area (Å²) in [5.74, 6) is 1.32. The Hall–Kier alpha value is -0.980. The molecule has 4 rings (SSSR count). The number of hydrogen-bond donors (Lipinski definition) is 1. The summed E-state index contributed by atoms with van der Waals surface area (Å²) >= 11 is 0. The summed E-state index contributed by atoms with van der Waals surface area (Å²) in [5.41, 5.74) is 5.71. The summed E-state index contributed by atoms with van der Waals surface area (Å²) in [7, 11) is 0. The maximum Gasteiger partial charge on any atom is 0.243 e. The molecule has 3 aliphatic rings. The largest absolute Gasteiger partial charge is 0.338 e. The van der Waals surface area contributed by atoms with Crippen LogP contribution in [0.5, 0.6) is 0 Å². The van der Waals surface area contributed by atoms with E-state index in [1.54, 1.807) is 0 Å². The van der Waals surface area contributed by atoms with Gasteiger partial charge in [0, 0.05) is 32.7 Å². The van der Waals surface area contributed by atoms with Crippen molar-refractivity contribution in [3.63, 3.8) is 0 Å². The molecule has 0 amide bonds. The lowest BCUT2D eigenvalue weighted by atomic mass is 10.1. The Balaban J connectivity index is 1.81. The molecule has 0 saturated carbocycles. The van der Waals surface area contributed by atoms with Gasteiger partial charge in [-0.1, -0.05) is 5.16 Å². The third-order valence-electron chi connectivity index (χ3n) is 3.42. The van der Waals surface area contributed by atoms with Crippen molar-refractivity contribution >= 4 is 0 Å². The topological polar surface area (TPSA) is 71.4 Å². The average Bonchev–Trinajstić information content (AvgIpc) is 2.80. The van der Waals surface area contributed by atoms with E-state index in [2.05, 4.69) is 19.9 Å². The molecule has 3 saturated heterocycles. The Morgan fingerprint density at radius 1 is 1.38 bits per heavy atom. The molecule has 2 bridgehead atoms. The number of rotatable bonds is 2. The molecule has 0 spiro atoms. The molecule has 1 unspecified atom stereocenters. The van der Waals surface area contributed by atoms with Gasteiger partial charge in [-0.05, 0) is 6.92 Å². The molecule has 2 atom stereocenters. The molecule has 1 aromatic rings. The van der Waals surface area contributed by atoms with Crippen LogP contribution in [0.1, 0.15) is 30.7 Å². The lowest BCUT2D eigenvalue weighted by Gasteiger charge is -2.46. The fourth-order valence-corrected chi connectivity index (χ4v) is 2.43. The van der Waals surface area contributed by atoms with Crippen molar-refractivity contribution in [2.45, 2.75) is 19.0 Å². The molecule has 1 aromatic heterocycles. The van der Waals surface area contributed by atoms with E-state index in [9.17, 15) is 0 Å². The van der Waals surface area contributed by atoms with Gasteiger partial charge in [-0.2, -0.15) is 4.98 Å². The van der Waals surface area contributed by atoms with Crippen molar-refractivity contribution in [1.29, 1.82) is 0 Å². The third kappa shape index (κ3) is 1.63. The number of fused-ring (bicyclic) bond motifs is 3. The average molecular weight is 223 g/mol. The maximum atomic E-state index is 5.71. The standard InChI is InChI=1S/C10H17N5O/c1-7(11)10-12-9(13-16-10)8-6-14-2-4-15(8)5-3-14/h7-8H,2-6,11H2,1H3/t7-,8?/m0/s1. The van der Waals surface area contributed by atoms with E-state index >= 15 is 0 Å². The SMILES string of the molecule is C[C@H](N)c1nc(C2CN3CCN2CC3)no1. The van der Waals surface area contributed by atoms with Gasteiger partial charge in [0.2, 0.25) is 5.89 Å². The highest BCUT2D eigenvalue weighted by atomic mass is 16.5. The number of hydrogen-bond acceptors (Lipinski definition) is 6. The summed E-state index contributed by atoms with van der Waals surface area (Å²) in [6, 6.07) is 0.107. The Kier molecular flexibility index (Phi) is 2.42. The molecular weight excluding hydrogens is 206 g/mol. The Bertz CT molecular complexity index is 369. The van der Waals surface area contributed by atoms with E-state index in [1.165, 1.54) is 0 Å². The molecule has 16 heavy (non-hydrogen) atoms. The summed E-state index contributed by atoms with van der Waals surface area (Å²) in [5, 5.41) is 4.05. The summed E-state index contributed by atoms with van der Waals surface area (Å²) in [4.78, 5) is 9.26. The third-order valence-corrected chi connectivity index (χ3v) is 3.42. The molecule has 3 fully saturated rings. The van der Waals surface area contributed by atoms with Crippen molar-refractivity contribution in [2.75, 3.05) is 32.7 Å². The van der Waals surface area contributed by atoms with Crippen molar-refractivity contribution < 1.29 is 4.52 Å². The number of aromatic nitrogens is 2. The van der Waals surface area contributed by atoms with E-state index in [1.807, 2.05) is 6.92 Å². The number of nitrogens with two attached hydrogens (primary N) is 1. The minimum atomic E-state index is -0.183. The van der Waals surface area contributed by atoms with Crippen LogP contribution in [0, 0.1) is 0 Å². The van der Waals surface area contributed by atoms with Gasteiger partial charge in [0.15, 0.2) is 5.82 Å². The first kappa shape index (κ1) is 10.2. The van der Waals surface area contributed by atoms with Gasteiger partial charge in [-0.3, -0.25) is 9.80 Å². The second-order valence-corrected chi connectivity index (χ2v) is 4.63. The fourth-order valence-electron chi connectivity index (χ4n) is 2.43. The van der Waals surface area contributed by atoms with Gasteiger partial charge in [0.05, 0.1) is 12.1 Å². The smallest absolute Gasteiger partial charge is 0.243 e. The monoisotopic (exact) mass is 223 g/mol. The first-order chi connectivity index (χ1) is 7.74. The zero-order chi connectivity index (χ0) is 11.1. The number of piperazine rings is 3. The Labute approximate surface area is 94.4 Å². The molecule has 2 N–H and O–H groups in total. The van der Waals surface area contributed by atoms with E-state index in [0.29, 0.717) is 11.9 Å². The predicted molar refractivity (Wildman–Crippen MR) is 57.7 cm³/mol. The zero-order valence-corrected chi connectivity index (χ0v) is 9.46. The lowest BCUT2D eigenvalue weighted by Crippen LogP contribution is -2.57. The zero-order valence-electron chi connectivity index (χ0n) is 9.46. The number of nitrogens with zero attached hydrogens (tertiary/aromatic N) is 4. The first-order valence-electron chi connectivity index (χ1n) is 5.79. The van der Waals surface area contributed by atoms with Crippen LogP contribution in [0.3, 0.4) is 0 Å². The quantitative estimate of drug-likeness (QED) is 0.746. The summed E-state index contributed by atoms with van der Waals surface area (Å²) in [6.45, 7) is 7.40. The van der Waals surface area contributed by atoms with Crippen molar-refractivity contribution in [2.24, 2.45) is 5.73 Å². The normalized spacial score (nSPS) is 35.2. The molecule has 6 heteroatoms. The van der Waals surface area contributed by atoms with Crippen LogP contribution in [-0.2, 0) is 0 Å². The van der Waals surface area contributed by atoms with Crippen molar-refractivity contribution in [3.05, 3.63) is 11.7 Å². The maximum absolute atomic E-state index is 5.71. The van der Waals surface area contributed by atoms with Gasteiger partial charge in [0.1, 0.15) is 0 Å². The molecule has 0 aliphatic carbocycles. The molecule has 4 heterocycles. The Morgan fingerprint density at radius 3 is 2.62 bits per heavy atom. The molecule has 0 radical (unpaired) electrons. The molecule has 0 aromatic carbocycles. The predicted octanol–water partition coefficient (Wildman–Crippen LogP) is -0.238. The second-order valence-electron chi connectivity index (χ2n) is 4.63. The molecular formula is C10H17N5O. The van der Waals surface area contributed by atoms with E-state index in [-0.39, 0.29) is 6.04 Å². The summed E-state index contributed by atoms with van der Waals surface area (Å²) < 4.78 is 5.16. The van der Waals surface area contributed by atoms with Gasteiger partial charge < -0.3 is 10.3 Å². The first-order valence-corrected chi connectivity index (χ1v) is 5.79. The highest BCUT2D eigenvalue weighted by Gasteiger charge is 2.35. The van der Waals surface area contributed by atoms with Crippen molar-refractivity contribution in [1.82, 2.24) is 19.9 Å². The van der Waals surface area contributed by atoms with Gasteiger partial charge in [-0.15, -0.1) is 0 Å². The van der Waals surface area contributed by atoms with Crippen LogP contribution in [0.2, 0.25) is 0 Å². The van der Waals surface area contributed by atoms with Crippen LogP contribution in [0.15, 0.2) is 4.52 Å². The molecule has 88 valence electrons. The van der Waals surface area contributed by atoms with Crippen molar-refractivity contribution in [3.8, 4) is 0 Å². The van der Waals surface area contributed by atoms with Crippen LogP contribution < -0.4 is 5.73 Å². The summed E-state index contributed by atoms with van der Waals surface area (Å²) in [6.07, 6.45) is 0. The van der Waals surface area contributed by atoms with E-state index in [4.69, 9.17) is 10.3 Å². The Morgan fingerprint density at radius 2 is 2.12 bits per heavy atom. The van der Waals surface area contributed by atoms with E-state index < -0.39 is 0 Å². The highest BCUT2D eigenvalue weighted by molar-refractivity contribution is 5.02. The highest BCUT2D eigenvalue weighted by Crippen LogP contribution is 2.27. The van der Waals surface area contributed by atoms with Gasteiger partial charge in [-0.25, -0.2) is 0 Å². The van der Waals surface area contributed by atoms with Crippen LogP contribution >= 0.6 is 0 Å². The lowest BCUT2D eigenvalue weighted by molar-refractivity contribution is 0.00781. The molecule has 3 aliphatic heterocycles. The minimum absolute atomic E-state index is 0.183. The minimum Gasteiger partial charge on any atom is -0.338 e. The molecule has 6 nitrogen and oxygen atoms in total. The van der Waals surface area contributed by atoms with Crippen LogP contribution in [0.25, 0.3) is 0 Å². The van der Waals surface area contributed by atoms with E-state index in [0.717, 1.165) is 38.5 Å². The fraction of sp³-hybridized carbons (Fsp3) is 0.800.